The van der Waals surface area contributed by atoms with E-state index in [1.54, 1.807) is 6.07 Å². The van der Waals surface area contributed by atoms with Crippen molar-refractivity contribution in [3.63, 3.8) is 0 Å². The van der Waals surface area contributed by atoms with Crippen LogP contribution in [-0.4, -0.2) is 25.7 Å². The van der Waals surface area contributed by atoms with E-state index in [1.807, 2.05) is 31.2 Å². The van der Waals surface area contributed by atoms with Crippen molar-refractivity contribution >= 4 is 22.4 Å². The summed E-state index contributed by atoms with van der Waals surface area (Å²) in [5, 5.41) is 5.47. The number of anilines is 1. The van der Waals surface area contributed by atoms with Crippen molar-refractivity contribution in [3.05, 3.63) is 71.3 Å². The van der Waals surface area contributed by atoms with Gasteiger partial charge < -0.3 is 14.8 Å². The predicted octanol–water partition coefficient (Wildman–Crippen LogP) is 4.61. The summed E-state index contributed by atoms with van der Waals surface area (Å²) in [7, 11) is 0. The molecule has 138 valence electrons. The second-order valence-electron chi connectivity index (χ2n) is 6.61. The van der Waals surface area contributed by atoms with Crippen molar-refractivity contribution in [3.8, 4) is 5.75 Å². The normalized spacial score (nSPS) is 12.3. The van der Waals surface area contributed by atoms with Gasteiger partial charge in [0.2, 0.25) is 0 Å². The molecule has 0 saturated carbocycles. The van der Waals surface area contributed by atoms with E-state index in [2.05, 4.69) is 29.6 Å². The highest BCUT2D eigenvalue weighted by Gasteiger charge is 2.18. The Labute approximate surface area is 159 Å². The Balaban J connectivity index is 1.58. The molecule has 0 heterocycles. The number of hydrogen-bond donors (Lipinski definition) is 1. The molecular formula is C23H23NO3. The Morgan fingerprint density at radius 1 is 0.963 bits per heavy atom. The van der Waals surface area contributed by atoms with Gasteiger partial charge in [0, 0.05) is 17.7 Å². The van der Waals surface area contributed by atoms with Gasteiger partial charge in [-0.15, -0.1) is 0 Å². The molecule has 0 fully saturated rings. The zero-order valence-electron chi connectivity index (χ0n) is 15.5. The second kappa shape index (κ2) is 7.80. The molecule has 0 bridgehead atoms. The number of aryl methyl sites for hydroxylation is 2. The third kappa shape index (κ3) is 3.53. The summed E-state index contributed by atoms with van der Waals surface area (Å²) < 4.78 is 11.1. The quantitative estimate of drug-likeness (QED) is 0.625. The molecule has 0 aliphatic heterocycles. The largest absolute Gasteiger partial charge is 0.490 e. The predicted molar refractivity (Wildman–Crippen MR) is 108 cm³/mol. The molecule has 3 aromatic rings. The first kappa shape index (κ1) is 17.6. The summed E-state index contributed by atoms with van der Waals surface area (Å²) in [4.78, 5) is 12.9. The van der Waals surface area contributed by atoms with Gasteiger partial charge in [-0.2, -0.15) is 0 Å². The van der Waals surface area contributed by atoms with Crippen LogP contribution in [0.15, 0.2) is 54.6 Å². The monoisotopic (exact) mass is 361 g/mol. The molecule has 0 radical (unpaired) electrons. The molecule has 1 aliphatic rings. The van der Waals surface area contributed by atoms with Gasteiger partial charge in [0.25, 0.3) is 5.91 Å². The van der Waals surface area contributed by atoms with Crippen LogP contribution < -0.4 is 10.1 Å². The van der Waals surface area contributed by atoms with Gasteiger partial charge >= 0.3 is 0 Å². The average Bonchev–Trinajstić information content (AvgIpc) is 3.12. The minimum atomic E-state index is -0.166. The Morgan fingerprint density at radius 2 is 1.78 bits per heavy atom. The topological polar surface area (TPSA) is 47.6 Å². The molecule has 3 aromatic carbocycles. The Kier molecular flexibility index (Phi) is 5.07. The molecule has 1 N–H and O–H groups in total. The van der Waals surface area contributed by atoms with E-state index in [0.29, 0.717) is 31.1 Å². The number of ether oxygens (including phenoxy) is 2. The van der Waals surface area contributed by atoms with Crippen LogP contribution in [0, 0.1) is 0 Å². The van der Waals surface area contributed by atoms with Gasteiger partial charge in [-0.3, -0.25) is 4.79 Å². The number of benzene rings is 3. The minimum absolute atomic E-state index is 0.166. The minimum Gasteiger partial charge on any atom is -0.490 e. The number of carbonyl (C=O) groups is 1. The van der Waals surface area contributed by atoms with Crippen molar-refractivity contribution in [2.24, 2.45) is 0 Å². The maximum atomic E-state index is 12.9. The Bertz CT molecular complexity index is 970. The SMILES string of the molecule is CCOCCOc1ccccc1C(=O)Nc1ccc2c3c(cccc13)CC2. The number of para-hydroxylation sites is 1. The summed E-state index contributed by atoms with van der Waals surface area (Å²) in [5.74, 6) is 0.404. The summed E-state index contributed by atoms with van der Waals surface area (Å²) in [6.07, 6.45) is 2.14. The van der Waals surface area contributed by atoms with Gasteiger partial charge in [-0.25, -0.2) is 0 Å². The molecular weight excluding hydrogens is 338 g/mol. The van der Waals surface area contributed by atoms with Crippen molar-refractivity contribution in [1.82, 2.24) is 0 Å². The van der Waals surface area contributed by atoms with E-state index in [-0.39, 0.29) is 5.91 Å². The van der Waals surface area contributed by atoms with Crippen LogP contribution in [0.1, 0.15) is 28.4 Å². The van der Waals surface area contributed by atoms with Crippen molar-refractivity contribution in [1.29, 1.82) is 0 Å². The molecule has 1 amide bonds. The zero-order valence-corrected chi connectivity index (χ0v) is 15.5. The summed E-state index contributed by atoms with van der Waals surface area (Å²) in [6, 6.07) is 17.7. The van der Waals surface area contributed by atoms with Gasteiger partial charge in [-0.05, 0) is 54.5 Å². The standard InChI is InChI=1S/C23H23NO3/c1-2-26-14-15-27-21-9-4-3-7-19(21)23(25)24-20-13-12-17-11-10-16-6-5-8-18(20)22(16)17/h3-9,12-13H,2,10-11,14-15H2,1H3,(H,24,25). The Morgan fingerprint density at radius 3 is 2.63 bits per heavy atom. The highest BCUT2D eigenvalue weighted by atomic mass is 16.5. The number of nitrogens with one attached hydrogen (secondary N) is 1. The van der Waals surface area contributed by atoms with Crippen LogP contribution in [0.4, 0.5) is 5.69 Å². The van der Waals surface area contributed by atoms with Crippen molar-refractivity contribution in [2.45, 2.75) is 19.8 Å². The number of amides is 1. The van der Waals surface area contributed by atoms with Gasteiger partial charge in [0.05, 0.1) is 12.2 Å². The fraction of sp³-hybridized carbons (Fsp3) is 0.261. The van der Waals surface area contributed by atoms with Crippen LogP contribution in [0.2, 0.25) is 0 Å². The highest BCUT2D eigenvalue weighted by Crippen LogP contribution is 2.35. The molecule has 27 heavy (non-hydrogen) atoms. The molecule has 0 unspecified atom stereocenters. The molecule has 4 rings (SSSR count). The van der Waals surface area contributed by atoms with Crippen LogP contribution >= 0.6 is 0 Å². The maximum Gasteiger partial charge on any atom is 0.259 e. The lowest BCUT2D eigenvalue weighted by atomic mass is 10.0. The summed E-state index contributed by atoms with van der Waals surface area (Å²) >= 11 is 0. The fourth-order valence-electron chi connectivity index (χ4n) is 3.68. The van der Waals surface area contributed by atoms with Gasteiger partial charge in [0.1, 0.15) is 12.4 Å². The highest BCUT2D eigenvalue weighted by molar-refractivity contribution is 6.11. The summed E-state index contributed by atoms with van der Waals surface area (Å²) in [5.41, 5.74) is 4.08. The smallest absolute Gasteiger partial charge is 0.259 e. The summed E-state index contributed by atoms with van der Waals surface area (Å²) in [6.45, 7) is 3.51. The van der Waals surface area contributed by atoms with Crippen LogP contribution in [0.3, 0.4) is 0 Å². The van der Waals surface area contributed by atoms with Crippen LogP contribution in [0.25, 0.3) is 10.8 Å². The second-order valence-corrected chi connectivity index (χ2v) is 6.61. The Hall–Kier alpha value is -2.85. The maximum absolute atomic E-state index is 12.9. The number of carbonyl (C=O) groups excluding carboxylic acids is 1. The molecule has 1 aliphatic carbocycles. The molecule has 4 nitrogen and oxygen atoms in total. The fourth-order valence-corrected chi connectivity index (χ4v) is 3.68. The molecule has 0 atom stereocenters. The van der Waals surface area contributed by atoms with Crippen molar-refractivity contribution < 1.29 is 14.3 Å². The van der Waals surface area contributed by atoms with E-state index in [9.17, 15) is 4.79 Å². The lowest BCUT2D eigenvalue weighted by Crippen LogP contribution is -2.15. The van der Waals surface area contributed by atoms with E-state index in [4.69, 9.17) is 9.47 Å². The molecule has 4 heteroatoms. The van der Waals surface area contributed by atoms with E-state index in [1.165, 1.54) is 16.5 Å². The lowest BCUT2D eigenvalue weighted by Gasteiger charge is -2.13. The first-order chi connectivity index (χ1) is 13.3. The third-order valence-corrected chi connectivity index (χ3v) is 4.95. The number of hydrogen-bond acceptors (Lipinski definition) is 3. The molecule has 0 aromatic heterocycles. The van der Waals surface area contributed by atoms with Crippen LogP contribution in [-0.2, 0) is 17.6 Å². The van der Waals surface area contributed by atoms with Gasteiger partial charge in [0.15, 0.2) is 0 Å². The van der Waals surface area contributed by atoms with E-state index < -0.39 is 0 Å². The zero-order chi connectivity index (χ0) is 18.6. The molecule has 0 saturated heterocycles. The third-order valence-electron chi connectivity index (χ3n) is 4.95. The average molecular weight is 361 g/mol. The molecule has 0 spiro atoms. The number of rotatable bonds is 7. The van der Waals surface area contributed by atoms with E-state index >= 15 is 0 Å². The van der Waals surface area contributed by atoms with Crippen LogP contribution in [0.5, 0.6) is 5.75 Å². The van der Waals surface area contributed by atoms with Crippen molar-refractivity contribution in [2.75, 3.05) is 25.1 Å². The first-order valence-corrected chi connectivity index (χ1v) is 9.42. The lowest BCUT2D eigenvalue weighted by molar-refractivity contribution is 0.0998. The van der Waals surface area contributed by atoms with Gasteiger partial charge in [-0.1, -0.05) is 36.4 Å². The van der Waals surface area contributed by atoms with E-state index in [0.717, 1.165) is 23.9 Å². The first-order valence-electron chi connectivity index (χ1n) is 9.42.